The molecule has 176 valence electrons. The number of anilines is 1. The Hall–Kier alpha value is -2.84. The van der Waals surface area contributed by atoms with E-state index < -0.39 is 22.7 Å². The van der Waals surface area contributed by atoms with Gasteiger partial charge in [-0.15, -0.1) is 0 Å². The van der Waals surface area contributed by atoms with Gasteiger partial charge in [-0.2, -0.15) is 13.2 Å². The van der Waals surface area contributed by atoms with Crippen LogP contribution in [0.2, 0.25) is 5.02 Å². The first-order valence-electron chi connectivity index (χ1n) is 10.4. The van der Waals surface area contributed by atoms with E-state index in [4.69, 9.17) is 11.6 Å². The lowest BCUT2D eigenvalue weighted by atomic mass is 10.0. The molecule has 3 rings (SSSR count). The molecule has 33 heavy (non-hydrogen) atoms. The van der Waals surface area contributed by atoms with Crippen molar-refractivity contribution in [3.05, 3.63) is 75.2 Å². The summed E-state index contributed by atoms with van der Waals surface area (Å²) in [6, 6.07) is 9.50. The normalized spacial score (nSPS) is 12.8. The molecule has 0 aliphatic heterocycles. The Labute approximate surface area is 193 Å². The summed E-state index contributed by atoms with van der Waals surface area (Å²) in [5.74, 6) is -0.253. The third-order valence-corrected chi connectivity index (χ3v) is 5.62. The summed E-state index contributed by atoms with van der Waals surface area (Å²) in [5.41, 5.74) is -0.765. The van der Waals surface area contributed by atoms with E-state index >= 15 is 0 Å². The van der Waals surface area contributed by atoms with E-state index in [1.807, 2.05) is 13.8 Å². The number of carbonyl (C=O) groups excluding carboxylic acids is 1. The number of fused-ring (bicyclic) bond motifs is 1. The number of pyridine rings is 1. The molecule has 1 aromatic heterocycles. The Morgan fingerprint density at radius 3 is 2.52 bits per heavy atom. The number of alkyl halides is 3. The summed E-state index contributed by atoms with van der Waals surface area (Å²) >= 11 is 5.63. The van der Waals surface area contributed by atoms with Crippen LogP contribution >= 0.6 is 11.6 Å². The number of rotatable bonds is 7. The Balaban J connectivity index is 1.87. The summed E-state index contributed by atoms with van der Waals surface area (Å²) in [4.78, 5) is 25.6. The second kappa shape index (κ2) is 9.97. The van der Waals surface area contributed by atoms with Gasteiger partial charge in [-0.25, -0.2) is 0 Å². The van der Waals surface area contributed by atoms with Gasteiger partial charge >= 0.3 is 6.18 Å². The van der Waals surface area contributed by atoms with Crippen LogP contribution in [0.15, 0.2) is 53.5 Å². The number of hydrogen-bond acceptors (Lipinski definition) is 3. The number of nitrogens with zero attached hydrogens (tertiary/aromatic N) is 1. The number of aromatic nitrogens is 1. The monoisotopic (exact) mass is 480 g/mol. The fourth-order valence-corrected chi connectivity index (χ4v) is 4.01. The number of benzene rings is 2. The average molecular weight is 481 g/mol. The highest BCUT2D eigenvalue weighted by Crippen LogP contribution is 2.35. The van der Waals surface area contributed by atoms with Crippen LogP contribution in [0.25, 0.3) is 10.8 Å². The van der Waals surface area contributed by atoms with E-state index in [0.717, 1.165) is 12.1 Å². The van der Waals surface area contributed by atoms with Crippen LogP contribution < -0.4 is 10.9 Å². The van der Waals surface area contributed by atoms with Crippen molar-refractivity contribution in [2.24, 2.45) is 5.92 Å². The summed E-state index contributed by atoms with van der Waals surface area (Å²) in [5, 5.41) is 12.8. The first-order valence-corrected chi connectivity index (χ1v) is 10.8. The Bertz CT molecular complexity index is 1220. The number of aliphatic hydroxyl groups is 1. The highest BCUT2D eigenvalue weighted by Gasteiger charge is 2.33. The number of nitrogens with one attached hydrogen (secondary N) is 1. The molecule has 0 aliphatic carbocycles. The Morgan fingerprint density at radius 1 is 1.15 bits per heavy atom. The molecule has 0 saturated heterocycles. The highest BCUT2D eigenvalue weighted by atomic mass is 35.5. The lowest BCUT2D eigenvalue weighted by Crippen LogP contribution is -2.27. The van der Waals surface area contributed by atoms with Crippen LogP contribution in [-0.4, -0.2) is 22.2 Å². The third kappa shape index (κ3) is 5.75. The SMILES string of the molecule is CC(C)CC(CO)n1ccc2c(NC(=O)Cc3ccc(Cl)c(C(F)(F)F)c3)cccc2c1=O. The minimum Gasteiger partial charge on any atom is -0.394 e. The molecule has 5 nitrogen and oxygen atoms in total. The lowest BCUT2D eigenvalue weighted by Gasteiger charge is -2.20. The molecule has 0 spiro atoms. The second-order valence-corrected chi connectivity index (χ2v) is 8.71. The highest BCUT2D eigenvalue weighted by molar-refractivity contribution is 6.31. The molecule has 0 radical (unpaired) electrons. The largest absolute Gasteiger partial charge is 0.417 e. The van der Waals surface area contributed by atoms with Crippen LogP contribution in [0.3, 0.4) is 0 Å². The molecule has 0 bridgehead atoms. The minimum absolute atomic E-state index is 0.159. The molecule has 3 aromatic rings. The average Bonchev–Trinajstić information content (AvgIpc) is 2.73. The maximum absolute atomic E-state index is 13.1. The van der Waals surface area contributed by atoms with Crippen LogP contribution in [0.1, 0.15) is 37.4 Å². The van der Waals surface area contributed by atoms with Gasteiger partial charge in [-0.05, 0) is 48.2 Å². The third-order valence-electron chi connectivity index (χ3n) is 5.30. The van der Waals surface area contributed by atoms with Gasteiger partial charge in [0.15, 0.2) is 0 Å². The number of hydrogen-bond donors (Lipinski definition) is 2. The van der Waals surface area contributed by atoms with Gasteiger partial charge < -0.3 is 15.0 Å². The zero-order chi connectivity index (χ0) is 24.3. The predicted molar refractivity (Wildman–Crippen MR) is 123 cm³/mol. The van der Waals surface area contributed by atoms with Gasteiger partial charge in [0.25, 0.3) is 5.56 Å². The molecule has 1 heterocycles. The van der Waals surface area contributed by atoms with Gasteiger partial charge in [0.1, 0.15) is 0 Å². The van der Waals surface area contributed by atoms with Gasteiger partial charge in [-0.3, -0.25) is 9.59 Å². The number of carbonyl (C=O) groups is 1. The fraction of sp³-hybridized carbons (Fsp3) is 0.333. The van der Waals surface area contributed by atoms with Crippen molar-refractivity contribution in [3.8, 4) is 0 Å². The molecule has 0 aliphatic rings. The Kier molecular flexibility index (Phi) is 7.49. The van der Waals surface area contributed by atoms with Crippen molar-refractivity contribution in [3.63, 3.8) is 0 Å². The zero-order valence-electron chi connectivity index (χ0n) is 18.1. The van der Waals surface area contributed by atoms with Crippen molar-refractivity contribution in [2.45, 2.75) is 38.9 Å². The summed E-state index contributed by atoms with van der Waals surface area (Å²) in [6.45, 7) is 3.82. The molecule has 2 N–H and O–H groups in total. The van der Waals surface area contributed by atoms with E-state index in [-0.39, 0.29) is 36.1 Å². The number of aliphatic hydroxyl groups excluding tert-OH is 1. The van der Waals surface area contributed by atoms with Crippen molar-refractivity contribution in [1.29, 1.82) is 0 Å². The van der Waals surface area contributed by atoms with Crippen LogP contribution in [0.4, 0.5) is 18.9 Å². The summed E-state index contributed by atoms with van der Waals surface area (Å²) < 4.78 is 40.7. The second-order valence-electron chi connectivity index (χ2n) is 8.30. The van der Waals surface area contributed by atoms with Crippen molar-refractivity contribution >= 4 is 34.0 Å². The predicted octanol–water partition coefficient (Wildman–Crippen LogP) is 5.43. The summed E-state index contributed by atoms with van der Waals surface area (Å²) in [6.07, 6.45) is -2.71. The lowest BCUT2D eigenvalue weighted by molar-refractivity contribution is -0.137. The molecule has 1 unspecified atom stereocenters. The van der Waals surface area contributed by atoms with Crippen LogP contribution in [-0.2, 0) is 17.4 Å². The topological polar surface area (TPSA) is 71.3 Å². The van der Waals surface area contributed by atoms with E-state index in [2.05, 4.69) is 5.32 Å². The summed E-state index contributed by atoms with van der Waals surface area (Å²) in [7, 11) is 0. The number of amides is 1. The smallest absolute Gasteiger partial charge is 0.394 e. The molecule has 0 fully saturated rings. The van der Waals surface area contributed by atoms with Crippen molar-refractivity contribution < 1.29 is 23.1 Å². The maximum Gasteiger partial charge on any atom is 0.417 e. The minimum atomic E-state index is -4.62. The van der Waals surface area contributed by atoms with E-state index in [1.165, 1.54) is 10.6 Å². The van der Waals surface area contributed by atoms with Crippen molar-refractivity contribution in [2.75, 3.05) is 11.9 Å². The van der Waals surface area contributed by atoms with Crippen LogP contribution in [0, 0.1) is 5.92 Å². The van der Waals surface area contributed by atoms with E-state index in [0.29, 0.717) is 22.9 Å². The van der Waals surface area contributed by atoms with Gasteiger partial charge in [0.05, 0.1) is 29.7 Å². The molecule has 0 saturated carbocycles. The zero-order valence-corrected chi connectivity index (χ0v) is 18.9. The maximum atomic E-state index is 13.1. The van der Waals surface area contributed by atoms with Gasteiger partial charge in [0, 0.05) is 22.7 Å². The standard InChI is InChI=1S/C24H24ClF3N2O3/c1-14(2)10-16(13-31)30-9-8-17-18(23(30)33)4-3-5-21(17)29-22(32)12-15-6-7-20(25)19(11-15)24(26,27)28/h3-9,11,14,16,31H,10,12-13H2,1-2H3,(H,29,32). The first kappa shape index (κ1) is 24.8. The molecule has 1 amide bonds. The van der Waals surface area contributed by atoms with Gasteiger partial charge in [0.2, 0.25) is 5.91 Å². The fourth-order valence-electron chi connectivity index (χ4n) is 3.79. The van der Waals surface area contributed by atoms with Crippen molar-refractivity contribution in [1.82, 2.24) is 4.57 Å². The van der Waals surface area contributed by atoms with Crippen LogP contribution in [0.5, 0.6) is 0 Å². The molecular weight excluding hydrogens is 457 g/mol. The molecule has 2 aromatic carbocycles. The van der Waals surface area contributed by atoms with E-state index in [9.17, 15) is 27.9 Å². The molecule has 9 heteroatoms. The quantitative estimate of drug-likeness (QED) is 0.473. The van der Waals surface area contributed by atoms with E-state index in [1.54, 1.807) is 30.5 Å². The molecular formula is C24H24ClF3N2O3. The van der Waals surface area contributed by atoms with Gasteiger partial charge in [-0.1, -0.05) is 37.6 Å². The molecule has 1 atom stereocenters. The first-order chi connectivity index (χ1) is 15.5. The number of halogens is 4. The Morgan fingerprint density at radius 2 is 1.88 bits per heavy atom.